The van der Waals surface area contributed by atoms with E-state index in [1.54, 1.807) is 48.7 Å². The first-order valence-corrected chi connectivity index (χ1v) is 13.7. The lowest BCUT2D eigenvalue weighted by molar-refractivity contribution is -0.161. The minimum absolute atomic E-state index is 0.0474. The van der Waals surface area contributed by atoms with Crippen LogP contribution in [0.5, 0.6) is 5.75 Å². The second kappa shape index (κ2) is 15.7. The summed E-state index contributed by atoms with van der Waals surface area (Å²) >= 11 is 0. The van der Waals surface area contributed by atoms with Gasteiger partial charge in [-0.25, -0.2) is 0 Å². The highest BCUT2D eigenvalue weighted by molar-refractivity contribution is 5.75. The molecule has 2 rings (SSSR count). The van der Waals surface area contributed by atoms with Crippen molar-refractivity contribution in [3.8, 4) is 5.75 Å². The van der Waals surface area contributed by atoms with Gasteiger partial charge in [-0.15, -0.1) is 0 Å². The summed E-state index contributed by atoms with van der Waals surface area (Å²) in [6.07, 6.45) is -1.04. The highest BCUT2D eigenvalue weighted by Crippen LogP contribution is 2.23. The Kier molecular flexibility index (Phi) is 13.1. The van der Waals surface area contributed by atoms with Gasteiger partial charge in [0.15, 0.2) is 0 Å². The van der Waals surface area contributed by atoms with Gasteiger partial charge in [0.05, 0.1) is 63.7 Å². The summed E-state index contributed by atoms with van der Waals surface area (Å²) in [5.41, 5.74) is 0.534. The summed E-state index contributed by atoms with van der Waals surface area (Å²) in [4.78, 5) is 25.0. The van der Waals surface area contributed by atoms with E-state index >= 15 is 0 Å². The first kappa shape index (κ1) is 33.3. The number of hydrogen-bond acceptors (Lipinski definition) is 8. The molecule has 0 unspecified atom stereocenters. The Balaban J connectivity index is 2.14. The average Bonchev–Trinajstić information content (AvgIpc) is 2.91. The standard InChI is InChI=1S/C32H46O8/c1-31(2,3)29(34)39-21-25(19-37-17-23-11-9-8-10-12-23)28(33)26(22-40-30(35)32(4,5)6)20-38-18-24-13-15-27(36-7)16-14-24/h8-16,25-26,28,33H,17-22H2,1-7H3/t25-,26+,28-/m0/s1. The molecule has 0 heterocycles. The van der Waals surface area contributed by atoms with Crippen molar-refractivity contribution in [1.82, 2.24) is 0 Å². The maximum atomic E-state index is 12.5. The SMILES string of the molecule is COc1ccc(COC[C@H](COC(=O)C(C)(C)C)[C@@H](O)[C@@H](COCc2ccccc2)COC(=O)C(C)(C)C)cc1. The molecule has 0 aliphatic heterocycles. The van der Waals surface area contributed by atoms with Crippen LogP contribution in [-0.4, -0.2) is 56.7 Å². The van der Waals surface area contributed by atoms with Crippen molar-refractivity contribution in [3.05, 3.63) is 65.7 Å². The van der Waals surface area contributed by atoms with E-state index in [9.17, 15) is 14.7 Å². The molecule has 8 nitrogen and oxygen atoms in total. The van der Waals surface area contributed by atoms with Crippen molar-refractivity contribution in [2.24, 2.45) is 22.7 Å². The van der Waals surface area contributed by atoms with Crippen molar-refractivity contribution in [2.45, 2.75) is 60.9 Å². The van der Waals surface area contributed by atoms with Gasteiger partial charge in [0, 0.05) is 11.8 Å². The fraction of sp³-hybridized carbons (Fsp3) is 0.562. The zero-order chi connectivity index (χ0) is 29.8. The van der Waals surface area contributed by atoms with E-state index < -0.39 is 28.8 Å². The van der Waals surface area contributed by atoms with Crippen LogP contribution in [0.15, 0.2) is 54.6 Å². The van der Waals surface area contributed by atoms with Gasteiger partial charge < -0.3 is 28.8 Å². The Morgan fingerprint density at radius 2 is 1.10 bits per heavy atom. The number of benzene rings is 2. The number of aliphatic hydroxyl groups excluding tert-OH is 1. The molecule has 3 atom stereocenters. The van der Waals surface area contributed by atoms with Crippen LogP contribution in [0.2, 0.25) is 0 Å². The van der Waals surface area contributed by atoms with Crippen molar-refractivity contribution >= 4 is 11.9 Å². The minimum atomic E-state index is -1.04. The second-order valence-electron chi connectivity index (χ2n) is 12.1. The van der Waals surface area contributed by atoms with Gasteiger partial charge in [0.1, 0.15) is 5.75 Å². The molecular weight excluding hydrogens is 512 g/mol. The third-order valence-electron chi connectivity index (χ3n) is 6.25. The number of methoxy groups -OCH3 is 1. The molecule has 0 aliphatic rings. The Morgan fingerprint density at radius 3 is 1.50 bits per heavy atom. The summed E-state index contributed by atoms with van der Waals surface area (Å²) in [7, 11) is 1.61. The predicted octanol–water partition coefficient (Wildman–Crippen LogP) is 5.20. The molecular formula is C32H46O8. The largest absolute Gasteiger partial charge is 0.497 e. The number of ether oxygens (including phenoxy) is 5. The normalized spacial score (nSPS) is 14.2. The van der Waals surface area contributed by atoms with E-state index in [1.165, 1.54) is 0 Å². The lowest BCUT2D eigenvalue weighted by Crippen LogP contribution is -2.41. The number of hydrogen-bond donors (Lipinski definition) is 1. The molecule has 0 bridgehead atoms. The maximum absolute atomic E-state index is 12.5. The van der Waals surface area contributed by atoms with E-state index in [1.807, 2.05) is 54.6 Å². The van der Waals surface area contributed by atoms with Crippen molar-refractivity contribution in [2.75, 3.05) is 33.5 Å². The molecule has 0 saturated heterocycles. The number of carbonyl (C=O) groups is 2. The quantitative estimate of drug-likeness (QED) is 0.298. The van der Waals surface area contributed by atoms with Gasteiger partial charge in [0.25, 0.3) is 0 Å². The Hall–Kier alpha value is -2.94. The van der Waals surface area contributed by atoms with Gasteiger partial charge in [-0.2, -0.15) is 0 Å². The molecule has 8 heteroatoms. The fourth-order valence-corrected chi connectivity index (χ4v) is 3.63. The zero-order valence-corrected chi connectivity index (χ0v) is 25.0. The minimum Gasteiger partial charge on any atom is -0.497 e. The Labute approximate surface area is 238 Å². The number of carbonyl (C=O) groups excluding carboxylic acids is 2. The zero-order valence-electron chi connectivity index (χ0n) is 25.0. The first-order valence-electron chi connectivity index (χ1n) is 13.7. The molecule has 1 N–H and O–H groups in total. The van der Waals surface area contributed by atoms with E-state index in [-0.39, 0.29) is 38.4 Å². The average molecular weight is 559 g/mol. The molecule has 40 heavy (non-hydrogen) atoms. The molecule has 0 spiro atoms. The van der Waals surface area contributed by atoms with Gasteiger partial charge >= 0.3 is 11.9 Å². The lowest BCUT2D eigenvalue weighted by Gasteiger charge is -2.31. The van der Waals surface area contributed by atoms with Crippen LogP contribution in [0, 0.1) is 22.7 Å². The number of aliphatic hydroxyl groups is 1. The summed E-state index contributed by atoms with van der Waals surface area (Å²) in [6.45, 7) is 11.4. The molecule has 0 aliphatic carbocycles. The molecule has 2 aromatic rings. The van der Waals surface area contributed by atoms with Gasteiger partial charge in [-0.3, -0.25) is 9.59 Å². The molecule has 0 radical (unpaired) electrons. The summed E-state index contributed by atoms with van der Waals surface area (Å²) < 4.78 is 28.3. The van der Waals surface area contributed by atoms with E-state index in [0.717, 1.165) is 16.9 Å². The Bertz CT molecular complexity index is 1020. The van der Waals surface area contributed by atoms with Crippen molar-refractivity contribution < 1.29 is 38.4 Å². The van der Waals surface area contributed by atoms with Crippen LogP contribution in [0.1, 0.15) is 52.7 Å². The first-order chi connectivity index (χ1) is 18.8. The molecule has 222 valence electrons. The van der Waals surface area contributed by atoms with Crippen LogP contribution in [0.25, 0.3) is 0 Å². The fourth-order valence-electron chi connectivity index (χ4n) is 3.63. The number of rotatable bonds is 15. The van der Waals surface area contributed by atoms with Crippen LogP contribution in [0.3, 0.4) is 0 Å². The van der Waals surface area contributed by atoms with Crippen LogP contribution in [0.4, 0.5) is 0 Å². The highest BCUT2D eigenvalue weighted by atomic mass is 16.5. The van der Waals surface area contributed by atoms with Crippen LogP contribution < -0.4 is 4.74 Å². The number of esters is 2. The topological polar surface area (TPSA) is 101 Å². The van der Waals surface area contributed by atoms with Crippen molar-refractivity contribution in [1.29, 1.82) is 0 Å². The summed E-state index contributed by atoms with van der Waals surface area (Å²) in [6, 6.07) is 17.2. The van der Waals surface area contributed by atoms with Gasteiger partial charge in [-0.05, 0) is 64.8 Å². The molecule has 0 saturated carbocycles. The third kappa shape index (κ3) is 11.7. The smallest absolute Gasteiger partial charge is 0.311 e. The van der Waals surface area contributed by atoms with Gasteiger partial charge in [-0.1, -0.05) is 42.5 Å². The Morgan fingerprint density at radius 1 is 0.675 bits per heavy atom. The van der Waals surface area contributed by atoms with E-state index in [4.69, 9.17) is 23.7 Å². The van der Waals surface area contributed by atoms with Crippen LogP contribution in [-0.2, 0) is 41.8 Å². The van der Waals surface area contributed by atoms with Crippen LogP contribution >= 0.6 is 0 Å². The molecule has 0 fully saturated rings. The molecule has 0 aromatic heterocycles. The van der Waals surface area contributed by atoms with Gasteiger partial charge in [0.2, 0.25) is 0 Å². The maximum Gasteiger partial charge on any atom is 0.311 e. The second-order valence-corrected chi connectivity index (χ2v) is 12.1. The van der Waals surface area contributed by atoms with E-state index in [2.05, 4.69) is 0 Å². The third-order valence-corrected chi connectivity index (χ3v) is 6.25. The molecule has 0 amide bonds. The lowest BCUT2D eigenvalue weighted by atomic mass is 9.92. The van der Waals surface area contributed by atoms with E-state index in [0.29, 0.717) is 13.2 Å². The summed E-state index contributed by atoms with van der Waals surface area (Å²) in [5, 5.41) is 11.5. The highest BCUT2D eigenvalue weighted by Gasteiger charge is 2.33. The predicted molar refractivity (Wildman–Crippen MR) is 153 cm³/mol. The monoisotopic (exact) mass is 558 g/mol. The molecule has 2 aromatic carbocycles. The van der Waals surface area contributed by atoms with Crippen molar-refractivity contribution in [3.63, 3.8) is 0 Å². The summed E-state index contributed by atoms with van der Waals surface area (Å²) in [5.74, 6) is -1.16.